The molecule has 6 heteroatoms. The Labute approximate surface area is 161 Å². The SMILES string of the molecule is Cc1nc(C2(c3ccccc3)CCN(C(=O)c3ccncc3F)CC2)cs1. The summed E-state index contributed by atoms with van der Waals surface area (Å²) in [5.41, 5.74) is 2.16. The van der Waals surface area contributed by atoms with Crippen LogP contribution in [0.1, 0.15) is 39.5 Å². The maximum atomic E-state index is 14.0. The molecule has 2 aromatic heterocycles. The molecule has 3 heterocycles. The predicted molar refractivity (Wildman–Crippen MR) is 103 cm³/mol. The van der Waals surface area contributed by atoms with Gasteiger partial charge in [-0.3, -0.25) is 9.78 Å². The van der Waals surface area contributed by atoms with Crippen molar-refractivity contribution in [2.45, 2.75) is 25.2 Å². The van der Waals surface area contributed by atoms with Crippen molar-refractivity contribution in [2.24, 2.45) is 0 Å². The molecule has 4 nitrogen and oxygen atoms in total. The molecule has 0 unspecified atom stereocenters. The number of hydrogen-bond donors (Lipinski definition) is 0. The molecule has 0 aliphatic carbocycles. The second-order valence-electron chi connectivity index (χ2n) is 6.85. The van der Waals surface area contributed by atoms with Crippen molar-refractivity contribution >= 4 is 17.2 Å². The minimum atomic E-state index is -0.572. The van der Waals surface area contributed by atoms with E-state index in [1.54, 1.807) is 16.2 Å². The lowest BCUT2D eigenvalue weighted by Gasteiger charge is -2.41. The van der Waals surface area contributed by atoms with E-state index in [4.69, 9.17) is 4.98 Å². The number of likely N-dealkylation sites (tertiary alicyclic amines) is 1. The van der Waals surface area contributed by atoms with Gasteiger partial charge in [0.2, 0.25) is 0 Å². The number of nitrogens with zero attached hydrogens (tertiary/aromatic N) is 3. The second-order valence-corrected chi connectivity index (χ2v) is 7.91. The summed E-state index contributed by atoms with van der Waals surface area (Å²) in [5, 5.41) is 3.17. The number of hydrogen-bond acceptors (Lipinski definition) is 4. The number of halogens is 1. The Morgan fingerprint density at radius 1 is 1.19 bits per heavy atom. The maximum Gasteiger partial charge on any atom is 0.256 e. The van der Waals surface area contributed by atoms with Crippen LogP contribution in [0.3, 0.4) is 0 Å². The van der Waals surface area contributed by atoms with Crippen LogP contribution in [0.15, 0.2) is 54.2 Å². The Morgan fingerprint density at radius 2 is 1.93 bits per heavy atom. The summed E-state index contributed by atoms with van der Waals surface area (Å²) in [6, 6.07) is 11.8. The van der Waals surface area contributed by atoms with Gasteiger partial charge in [-0.25, -0.2) is 9.37 Å². The second kappa shape index (κ2) is 7.19. The maximum absolute atomic E-state index is 14.0. The molecule has 0 N–H and O–H groups in total. The van der Waals surface area contributed by atoms with Gasteiger partial charge in [-0.05, 0) is 31.4 Å². The quantitative estimate of drug-likeness (QED) is 0.683. The van der Waals surface area contributed by atoms with E-state index in [9.17, 15) is 9.18 Å². The molecule has 3 aromatic rings. The monoisotopic (exact) mass is 381 g/mol. The lowest BCUT2D eigenvalue weighted by Crippen LogP contribution is -2.46. The zero-order valence-corrected chi connectivity index (χ0v) is 15.9. The summed E-state index contributed by atoms with van der Waals surface area (Å²) in [4.78, 5) is 23.0. The number of benzene rings is 1. The molecule has 138 valence electrons. The average Bonchev–Trinajstić information content (AvgIpc) is 3.15. The van der Waals surface area contributed by atoms with Gasteiger partial charge >= 0.3 is 0 Å². The standard InChI is InChI=1S/C21H20FN3OS/c1-15-24-19(14-27-15)21(16-5-3-2-4-6-16)8-11-25(12-9-21)20(26)17-7-10-23-13-18(17)22/h2-7,10,13-14H,8-9,11-12H2,1H3. The van der Waals surface area contributed by atoms with Gasteiger partial charge in [0.1, 0.15) is 0 Å². The average molecular weight is 381 g/mol. The first-order valence-corrected chi connectivity index (χ1v) is 9.85. The molecule has 1 amide bonds. The zero-order chi connectivity index (χ0) is 18.9. The van der Waals surface area contributed by atoms with Crippen LogP contribution in [0.2, 0.25) is 0 Å². The fraction of sp³-hybridized carbons (Fsp3) is 0.286. The van der Waals surface area contributed by atoms with Gasteiger partial charge in [0, 0.05) is 30.1 Å². The number of pyridine rings is 1. The van der Waals surface area contributed by atoms with E-state index in [1.807, 2.05) is 25.1 Å². The molecule has 1 aliphatic heterocycles. The number of aryl methyl sites for hydroxylation is 1. The molecule has 1 fully saturated rings. The molecule has 27 heavy (non-hydrogen) atoms. The summed E-state index contributed by atoms with van der Waals surface area (Å²) < 4.78 is 14.0. The van der Waals surface area contributed by atoms with Gasteiger partial charge in [0.25, 0.3) is 5.91 Å². The Hall–Kier alpha value is -2.60. The summed E-state index contributed by atoms with van der Waals surface area (Å²) >= 11 is 1.65. The van der Waals surface area contributed by atoms with E-state index in [1.165, 1.54) is 17.8 Å². The molecule has 0 spiro atoms. The summed E-state index contributed by atoms with van der Waals surface area (Å²) in [6.45, 7) is 3.13. The van der Waals surface area contributed by atoms with Crippen LogP contribution in [-0.2, 0) is 5.41 Å². The molecule has 1 aromatic carbocycles. The van der Waals surface area contributed by atoms with E-state index >= 15 is 0 Å². The molecule has 4 rings (SSSR count). The molecule has 0 bridgehead atoms. The van der Waals surface area contributed by atoms with Gasteiger partial charge in [0.05, 0.1) is 22.5 Å². The Kier molecular flexibility index (Phi) is 4.74. The first-order valence-electron chi connectivity index (χ1n) is 8.97. The van der Waals surface area contributed by atoms with E-state index in [0.29, 0.717) is 13.1 Å². The zero-order valence-electron chi connectivity index (χ0n) is 15.1. The van der Waals surface area contributed by atoms with Crippen LogP contribution in [-0.4, -0.2) is 33.9 Å². The van der Waals surface area contributed by atoms with Gasteiger partial charge in [0.15, 0.2) is 5.82 Å². The topological polar surface area (TPSA) is 46.1 Å². The first kappa shape index (κ1) is 17.8. The van der Waals surface area contributed by atoms with E-state index in [2.05, 4.69) is 22.5 Å². The van der Waals surface area contributed by atoms with Gasteiger partial charge in [-0.15, -0.1) is 11.3 Å². The van der Waals surface area contributed by atoms with Crippen LogP contribution < -0.4 is 0 Å². The van der Waals surface area contributed by atoms with Crippen molar-refractivity contribution in [1.29, 1.82) is 0 Å². The molecule has 1 aliphatic rings. The van der Waals surface area contributed by atoms with Crippen LogP contribution in [0.5, 0.6) is 0 Å². The van der Waals surface area contributed by atoms with Crippen LogP contribution in [0, 0.1) is 12.7 Å². The minimum absolute atomic E-state index is 0.0849. The molecule has 0 radical (unpaired) electrons. The third-order valence-corrected chi connectivity index (χ3v) is 6.12. The predicted octanol–water partition coefficient (Wildman–Crippen LogP) is 4.21. The van der Waals surface area contributed by atoms with Crippen LogP contribution in [0.4, 0.5) is 4.39 Å². The van der Waals surface area contributed by atoms with Crippen molar-refractivity contribution in [3.63, 3.8) is 0 Å². The molecule has 0 saturated carbocycles. The third-order valence-electron chi connectivity index (χ3n) is 5.34. The number of thiazole rings is 1. The lowest BCUT2D eigenvalue weighted by molar-refractivity contribution is 0.0679. The number of carbonyl (C=O) groups excluding carboxylic acids is 1. The van der Waals surface area contributed by atoms with Crippen LogP contribution >= 0.6 is 11.3 Å². The molecule has 0 atom stereocenters. The Bertz CT molecular complexity index is 949. The minimum Gasteiger partial charge on any atom is -0.338 e. The van der Waals surface area contributed by atoms with Crippen molar-refractivity contribution in [3.05, 3.63) is 81.8 Å². The van der Waals surface area contributed by atoms with E-state index < -0.39 is 5.82 Å². The molecular formula is C21H20FN3OS. The normalized spacial score (nSPS) is 16.3. The van der Waals surface area contributed by atoms with Crippen LogP contribution in [0.25, 0.3) is 0 Å². The number of aromatic nitrogens is 2. The van der Waals surface area contributed by atoms with Gasteiger partial charge in [-0.1, -0.05) is 30.3 Å². The number of rotatable bonds is 3. The lowest BCUT2D eigenvalue weighted by atomic mass is 9.70. The fourth-order valence-electron chi connectivity index (χ4n) is 3.84. The molecule has 1 saturated heterocycles. The smallest absolute Gasteiger partial charge is 0.256 e. The summed E-state index contributed by atoms with van der Waals surface area (Å²) in [5.74, 6) is -0.844. The van der Waals surface area contributed by atoms with E-state index in [0.717, 1.165) is 29.7 Å². The van der Waals surface area contributed by atoms with Crippen molar-refractivity contribution < 1.29 is 9.18 Å². The van der Waals surface area contributed by atoms with Gasteiger partial charge < -0.3 is 4.90 Å². The van der Waals surface area contributed by atoms with Crippen molar-refractivity contribution in [2.75, 3.05) is 13.1 Å². The highest BCUT2D eigenvalue weighted by molar-refractivity contribution is 7.09. The largest absolute Gasteiger partial charge is 0.338 e. The third kappa shape index (κ3) is 3.25. The number of piperidine rings is 1. The Balaban J connectivity index is 1.62. The highest BCUT2D eigenvalue weighted by Gasteiger charge is 2.41. The van der Waals surface area contributed by atoms with E-state index in [-0.39, 0.29) is 16.9 Å². The summed E-state index contributed by atoms with van der Waals surface area (Å²) in [7, 11) is 0. The highest BCUT2D eigenvalue weighted by Crippen LogP contribution is 2.42. The summed E-state index contributed by atoms with van der Waals surface area (Å²) in [6.07, 6.45) is 4.06. The fourth-order valence-corrected chi connectivity index (χ4v) is 4.56. The highest BCUT2D eigenvalue weighted by atomic mass is 32.1. The van der Waals surface area contributed by atoms with Crippen molar-refractivity contribution in [3.8, 4) is 0 Å². The number of amides is 1. The first-order chi connectivity index (χ1) is 13.1. The molecular weight excluding hydrogens is 361 g/mol. The number of carbonyl (C=O) groups is 1. The van der Waals surface area contributed by atoms with Crippen molar-refractivity contribution in [1.82, 2.24) is 14.9 Å². The Morgan fingerprint density at radius 3 is 2.56 bits per heavy atom. The van der Waals surface area contributed by atoms with Gasteiger partial charge in [-0.2, -0.15) is 0 Å².